The SMILES string of the molecule is CC(C)c1ccc2c(c1)Cc1nc(C(C)C)[nH]c1-2. The molecule has 1 aromatic carbocycles. The van der Waals surface area contributed by atoms with Gasteiger partial charge in [0.1, 0.15) is 5.82 Å². The number of H-pyrrole nitrogens is 1. The van der Waals surface area contributed by atoms with Crippen molar-refractivity contribution in [2.24, 2.45) is 0 Å². The molecule has 0 fully saturated rings. The zero-order valence-electron chi connectivity index (χ0n) is 11.5. The molecule has 0 saturated carbocycles. The van der Waals surface area contributed by atoms with Gasteiger partial charge in [0.15, 0.2) is 0 Å². The molecule has 0 unspecified atom stereocenters. The minimum absolute atomic E-state index is 0.467. The van der Waals surface area contributed by atoms with Gasteiger partial charge in [-0.3, -0.25) is 0 Å². The lowest BCUT2D eigenvalue weighted by Gasteiger charge is -2.08. The summed E-state index contributed by atoms with van der Waals surface area (Å²) in [5.41, 5.74) is 6.64. The number of hydrogen-bond donors (Lipinski definition) is 1. The lowest BCUT2D eigenvalue weighted by atomic mass is 9.98. The molecule has 1 aromatic heterocycles. The second-order valence-corrected chi connectivity index (χ2v) is 5.85. The molecule has 2 nitrogen and oxygen atoms in total. The van der Waals surface area contributed by atoms with Crippen LogP contribution in [0.25, 0.3) is 11.3 Å². The van der Waals surface area contributed by atoms with E-state index in [1.165, 1.54) is 28.1 Å². The smallest absolute Gasteiger partial charge is 0.109 e. The molecule has 0 atom stereocenters. The maximum Gasteiger partial charge on any atom is 0.109 e. The van der Waals surface area contributed by atoms with Gasteiger partial charge >= 0.3 is 0 Å². The van der Waals surface area contributed by atoms with Crippen LogP contribution in [0.15, 0.2) is 18.2 Å². The summed E-state index contributed by atoms with van der Waals surface area (Å²) >= 11 is 0. The number of benzene rings is 1. The molecule has 0 saturated heterocycles. The third-order valence-corrected chi connectivity index (χ3v) is 3.77. The summed E-state index contributed by atoms with van der Waals surface area (Å²) in [4.78, 5) is 8.21. The number of rotatable bonds is 2. The molecule has 1 N–H and O–H groups in total. The van der Waals surface area contributed by atoms with Gasteiger partial charge in [0.25, 0.3) is 0 Å². The Labute approximate surface area is 108 Å². The maximum atomic E-state index is 4.72. The van der Waals surface area contributed by atoms with Gasteiger partial charge in [-0.15, -0.1) is 0 Å². The van der Waals surface area contributed by atoms with Gasteiger partial charge in [0, 0.05) is 17.9 Å². The van der Waals surface area contributed by atoms with E-state index in [-0.39, 0.29) is 0 Å². The van der Waals surface area contributed by atoms with E-state index in [4.69, 9.17) is 4.98 Å². The third kappa shape index (κ3) is 1.67. The van der Waals surface area contributed by atoms with Crippen molar-refractivity contribution in [2.75, 3.05) is 0 Å². The highest BCUT2D eigenvalue weighted by Gasteiger charge is 2.23. The monoisotopic (exact) mass is 240 g/mol. The minimum atomic E-state index is 0.467. The average molecular weight is 240 g/mol. The van der Waals surface area contributed by atoms with Crippen LogP contribution in [0.4, 0.5) is 0 Å². The topological polar surface area (TPSA) is 28.7 Å². The molecule has 94 valence electrons. The van der Waals surface area contributed by atoms with Crippen molar-refractivity contribution in [1.29, 1.82) is 0 Å². The molecule has 18 heavy (non-hydrogen) atoms. The van der Waals surface area contributed by atoms with Crippen molar-refractivity contribution in [3.8, 4) is 11.3 Å². The molecule has 3 rings (SSSR count). The molecule has 1 aliphatic carbocycles. The largest absolute Gasteiger partial charge is 0.342 e. The molecule has 0 amide bonds. The van der Waals surface area contributed by atoms with Crippen LogP contribution in [0.2, 0.25) is 0 Å². The lowest BCUT2D eigenvalue weighted by molar-refractivity contribution is 0.789. The molecule has 0 bridgehead atoms. The Hall–Kier alpha value is -1.57. The number of hydrogen-bond acceptors (Lipinski definition) is 1. The van der Waals surface area contributed by atoms with E-state index in [0.29, 0.717) is 11.8 Å². The molecular weight excluding hydrogens is 220 g/mol. The Kier molecular flexibility index (Phi) is 2.54. The van der Waals surface area contributed by atoms with Crippen LogP contribution in [0.3, 0.4) is 0 Å². The van der Waals surface area contributed by atoms with Crippen molar-refractivity contribution in [3.05, 3.63) is 40.8 Å². The highest BCUT2D eigenvalue weighted by molar-refractivity contribution is 5.73. The highest BCUT2D eigenvalue weighted by atomic mass is 14.9. The summed E-state index contributed by atoms with van der Waals surface area (Å²) < 4.78 is 0. The van der Waals surface area contributed by atoms with Crippen LogP contribution in [0.1, 0.15) is 62.2 Å². The van der Waals surface area contributed by atoms with Crippen molar-refractivity contribution in [1.82, 2.24) is 9.97 Å². The van der Waals surface area contributed by atoms with Gasteiger partial charge in [-0.05, 0) is 17.0 Å². The van der Waals surface area contributed by atoms with Crippen molar-refractivity contribution >= 4 is 0 Å². The first-order valence-electron chi connectivity index (χ1n) is 6.78. The third-order valence-electron chi connectivity index (χ3n) is 3.77. The maximum absolute atomic E-state index is 4.72. The van der Waals surface area contributed by atoms with Crippen LogP contribution in [-0.4, -0.2) is 9.97 Å². The van der Waals surface area contributed by atoms with Crippen LogP contribution in [0, 0.1) is 0 Å². The van der Waals surface area contributed by atoms with E-state index in [1.54, 1.807) is 0 Å². The summed E-state index contributed by atoms with van der Waals surface area (Å²) in [6.45, 7) is 8.84. The Balaban J connectivity index is 2.05. The van der Waals surface area contributed by atoms with Crippen LogP contribution >= 0.6 is 0 Å². The fraction of sp³-hybridized carbons (Fsp3) is 0.438. The number of aromatic nitrogens is 2. The fourth-order valence-electron chi connectivity index (χ4n) is 2.60. The Bertz CT molecular complexity index is 591. The van der Waals surface area contributed by atoms with Gasteiger partial charge in [0.05, 0.1) is 11.4 Å². The zero-order valence-corrected chi connectivity index (χ0v) is 11.5. The molecule has 1 heterocycles. The summed E-state index contributed by atoms with van der Waals surface area (Å²) in [5, 5.41) is 0. The van der Waals surface area contributed by atoms with Crippen molar-refractivity contribution in [2.45, 2.75) is 46.0 Å². The van der Waals surface area contributed by atoms with E-state index < -0.39 is 0 Å². The highest BCUT2D eigenvalue weighted by Crippen LogP contribution is 2.37. The predicted octanol–water partition coefficient (Wildman–Crippen LogP) is 4.23. The van der Waals surface area contributed by atoms with E-state index in [9.17, 15) is 0 Å². The molecule has 0 radical (unpaired) electrons. The second kappa shape index (κ2) is 3.98. The van der Waals surface area contributed by atoms with Crippen LogP contribution < -0.4 is 0 Å². The first-order chi connectivity index (χ1) is 8.56. The molecule has 2 heteroatoms. The van der Waals surface area contributed by atoms with Gasteiger partial charge < -0.3 is 4.98 Å². The summed E-state index contributed by atoms with van der Waals surface area (Å²) in [6.07, 6.45) is 0.981. The van der Waals surface area contributed by atoms with Gasteiger partial charge in [-0.2, -0.15) is 0 Å². The Morgan fingerprint density at radius 2 is 1.89 bits per heavy atom. The normalized spacial score (nSPS) is 13.2. The number of aromatic amines is 1. The van der Waals surface area contributed by atoms with E-state index in [2.05, 4.69) is 50.9 Å². The molecule has 2 aromatic rings. The first kappa shape index (κ1) is 11.5. The minimum Gasteiger partial charge on any atom is -0.342 e. The average Bonchev–Trinajstić information content (AvgIpc) is 2.84. The van der Waals surface area contributed by atoms with E-state index in [0.717, 1.165) is 12.2 Å². The van der Waals surface area contributed by atoms with E-state index >= 15 is 0 Å². The summed E-state index contributed by atoms with van der Waals surface area (Å²) in [5.74, 6) is 2.17. The van der Waals surface area contributed by atoms with Gasteiger partial charge in [-0.1, -0.05) is 45.9 Å². The first-order valence-corrected chi connectivity index (χ1v) is 6.78. The van der Waals surface area contributed by atoms with E-state index in [1.807, 2.05) is 0 Å². The number of imidazole rings is 1. The molecule has 0 aliphatic heterocycles. The fourth-order valence-corrected chi connectivity index (χ4v) is 2.60. The number of nitrogens with zero attached hydrogens (tertiary/aromatic N) is 1. The number of nitrogens with one attached hydrogen (secondary N) is 1. The van der Waals surface area contributed by atoms with Crippen LogP contribution in [0.5, 0.6) is 0 Å². The molecular formula is C16H20N2. The van der Waals surface area contributed by atoms with Gasteiger partial charge in [0.2, 0.25) is 0 Å². The molecule has 1 aliphatic rings. The second-order valence-electron chi connectivity index (χ2n) is 5.85. The Morgan fingerprint density at radius 3 is 2.56 bits per heavy atom. The van der Waals surface area contributed by atoms with Gasteiger partial charge in [-0.25, -0.2) is 4.98 Å². The standard InChI is InChI=1S/C16H20N2/c1-9(2)11-5-6-13-12(7-11)8-14-15(13)18-16(17-14)10(3)4/h5-7,9-10H,8H2,1-4H3,(H,17,18). The zero-order chi connectivity index (χ0) is 12.9. The lowest BCUT2D eigenvalue weighted by Crippen LogP contribution is -1.94. The Morgan fingerprint density at radius 1 is 1.11 bits per heavy atom. The van der Waals surface area contributed by atoms with Crippen molar-refractivity contribution in [3.63, 3.8) is 0 Å². The predicted molar refractivity (Wildman–Crippen MR) is 75.0 cm³/mol. The quantitative estimate of drug-likeness (QED) is 0.713. The van der Waals surface area contributed by atoms with Crippen LogP contribution in [-0.2, 0) is 6.42 Å². The summed E-state index contributed by atoms with van der Waals surface area (Å²) in [7, 11) is 0. The molecule has 0 spiro atoms. The summed E-state index contributed by atoms with van der Waals surface area (Å²) in [6, 6.07) is 6.83. The number of fused-ring (bicyclic) bond motifs is 3. The van der Waals surface area contributed by atoms with Crippen molar-refractivity contribution < 1.29 is 0 Å².